The van der Waals surface area contributed by atoms with Gasteiger partial charge >= 0.3 is 42.7 Å². The van der Waals surface area contributed by atoms with E-state index in [0.717, 1.165) is 0 Å². The van der Waals surface area contributed by atoms with E-state index in [2.05, 4.69) is 4.74 Å². The second-order valence-corrected chi connectivity index (χ2v) is 5.47. The molecule has 0 saturated carbocycles. The Kier molecular flexibility index (Phi) is 16.8. The van der Waals surface area contributed by atoms with Crippen molar-refractivity contribution in [2.45, 2.75) is 20.3 Å². The molecule has 0 N–H and O–H groups in total. The second-order valence-electron chi connectivity index (χ2n) is 1.23. The fraction of sp³-hybridized carbons (Fsp3) is 0.800. The number of ether oxygens (including phenoxy) is 1. The summed E-state index contributed by atoms with van der Waals surface area (Å²) in [6, 6.07) is 0. The molecular formula is C5H10Cl2O2Sn. The molecule has 0 amide bonds. The number of rotatable bonds is 2. The number of carbonyl (C=O) groups excluding carboxylic acids is 1. The summed E-state index contributed by atoms with van der Waals surface area (Å²) in [4.78, 5) is 10.2. The van der Waals surface area contributed by atoms with Crippen molar-refractivity contribution in [3.63, 3.8) is 0 Å². The van der Waals surface area contributed by atoms with Crippen LogP contribution in [0, 0.1) is 0 Å². The van der Waals surface area contributed by atoms with Crippen LogP contribution in [-0.2, 0) is 9.53 Å². The van der Waals surface area contributed by atoms with Gasteiger partial charge < -0.3 is 4.74 Å². The molecule has 2 nitrogen and oxygen atoms in total. The molecule has 0 aliphatic rings. The number of hydrogen-bond donors (Lipinski definition) is 0. The van der Waals surface area contributed by atoms with Gasteiger partial charge in [-0.15, -0.1) is 0 Å². The Balaban J connectivity index is 0. The van der Waals surface area contributed by atoms with Crippen LogP contribution in [0.2, 0.25) is 0 Å². The van der Waals surface area contributed by atoms with Crippen LogP contribution in [-0.4, -0.2) is 31.5 Å². The number of halogens is 2. The molecule has 0 bridgehead atoms. The van der Waals surface area contributed by atoms with Crippen LogP contribution in [0.3, 0.4) is 0 Å². The van der Waals surface area contributed by atoms with Crippen LogP contribution in [0.25, 0.3) is 0 Å². The van der Waals surface area contributed by atoms with E-state index in [1.165, 1.54) is 0 Å². The Hall–Kier alpha value is 0.849. The van der Waals surface area contributed by atoms with Gasteiger partial charge in [0.2, 0.25) is 0 Å². The fourth-order valence-corrected chi connectivity index (χ4v) is 0.263. The van der Waals surface area contributed by atoms with Gasteiger partial charge in [-0.2, -0.15) is 0 Å². The first-order valence-electron chi connectivity index (χ1n) is 2.84. The molecule has 0 aliphatic carbocycles. The number of carbonyl (C=O) groups is 1. The van der Waals surface area contributed by atoms with Gasteiger partial charge in [-0.1, -0.05) is 6.92 Å². The molecule has 0 saturated heterocycles. The number of esters is 1. The summed E-state index contributed by atoms with van der Waals surface area (Å²) >= 11 is -0.826. The Morgan fingerprint density at radius 2 is 1.90 bits per heavy atom. The fourth-order valence-electron chi connectivity index (χ4n) is 0.263. The molecule has 0 aromatic carbocycles. The molecule has 0 aromatic heterocycles. The molecule has 0 atom stereocenters. The molecule has 0 spiro atoms. The molecule has 0 heterocycles. The molecule has 2 radical (unpaired) electrons. The van der Waals surface area contributed by atoms with Crippen LogP contribution in [0.1, 0.15) is 20.3 Å². The Labute approximate surface area is 78.9 Å². The van der Waals surface area contributed by atoms with Gasteiger partial charge in [-0.05, 0) is 6.92 Å². The monoisotopic (exact) mass is 292 g/mol. The van der Waals surface area contributed by atoms with E-state index in [1.54, 1.807) is 13.8 Å². The Bertz CT molecular complexity index is 80.0. The third-order valence-electron chi connectivity index (χ3n) is 0.594. The topological polar surface area (TPSA) is 26.3 Å². The van der Waals surface area contributed by atoms with Crippen LogP contribution in [0.15, 0.2) is 0 Å². The number of hydrogen-bond acceptors (Lipinski definition) is 2. The van der Waals surface area contributed by atoms with Crippen molar-refractivity contribution in [3.05, 3.63) is 0 Å². The molecule has 5 heteroatoms. The van der Waals surface area contributed by atoms with E-state index in [0.29, 0.717) is 13.0 Å². The van der Waals surface area contributed by atoms with Crippen molar-refractivity contribution in [1.29, 1.82) is 0 Å². The SMILES string of the molecule is CCOC(=O)CC.[Cl][Sn][Cl]. The zero-order valence-electron chi connectivity index (χ0n) is 5.99. The summed E-state index contributed by atoms with van der Waals surface area (Å²) in [5, 5.41) is 0. The van der Waals surface area contributed by atoms with Crippen LogP contribution < -0.4 is 0 Å². The first-order chi connectivity index (χ1) is 4.72. The van der Waals surface area contributed by atoms with Crippen molar-refractivity contribution in [2.24, 2.45) is 0 Å². The summed E-state index contributed by atoms with van der Waals surface area (Å²) in [6.45, 7) is 4.07. The van der Waals surface area contributed by atoms with Gasteiger partial charge in [-0.3, -0.25) is 4.79 Å². The van der Waals surface area contributed by atoms with Crippen molar-refractivity contribution >= 4 is 42.7 Å². The zero-order valence-corrected chi connectivity index (χ0v) is 10.4. The molecule has 0 aliphatic heterocycles. The zero-order chi connectivity index (χ0) is 8.41. The van der Waals surface area contributed by atoms with E-state index < -0.39 is 18.9 Å². The van der Waals surface area contributed by atoms with Gasteiger partial charge in [0.1, 0.15) is 0 Å². The molecule has 10 heavy (non-hydrogen) atoms. The normalized spacial score (nSPS) is 7.60. The van der Waals surface area contributed by atoms with Gasteiger partial charge in [-0.25, -0.2) is 0 Å². The molecule has 0 unspecified atom stereocenters. The summed E-state index contributed by atoms with van der Waals surface area (Å²) in [7, 11) is 9.87. The third-order valence-corrected chi connectivity index (χ3v) is 0.594. The first-order valence-corrected chi connectivity index (χ1v) is 10.1. The maximum atomic E-state index is 10.2. The van der Waals surface area contributed by atoms with Gasteiger partial charge in [0.15, 0.2) is 0 Å². The van der Waals surface area contributed by atoms with Gasteiger partial charge in [0.05, 0.1) is 6.61 Å². The summed E-state index contributed by atoms with van der Waals surface area (Å²) in [6.07, 6.45) is 0.480. The summed E-state index contributed by atoms with van der Waals surface area (Å²) < 4.78 is 4.55. The summed E-state index contributed by atoms with van der Waals surface area (Å²) in [5.74, 6) is -0.123. The predicted molar refractivity (Wildman–Crippen MR) is 44.4 cm³/mol. The minimum absolute atomic E-state index is 0.123. The quantitative estimate of drug-likeness (QED) is 0.574. The second kappa shape index (κ2) is 12.5. The standard InChI is InChI=1S/C5H10O2.2ClH.Sn/c1-3-5(6)7-4-2;;;/h3-4H2,1-2H3;2*1H;/q;;;+2/p-2. The van der Waals surface area contributed by atoms with Crippen molar-refractivity contribution < 1.29 is 9.53 Å². The predicted octanol–water partition coefficient (Wildman–Crippen LogP) is 1.96. The van der Waals surface area contributed by atoms with Gasteiger partial charge in [0, 0.05) is 6.42 Å². The maximum absolute atomic E-state index is 10.2. The Morgan fingerprint density at radius 1 is 1.50 bits per heavy atom. The van der Waals surface area contributed by atoms with E-state index in [1.807, 2.05) is 0 Å². The third kappa shape index (κ3) is 15.9. The Morgan fingerprint density at radius 3 is 2.00 bits per heavy atom. The molecule has 0 fully saturated rings. The van der Waals surface area contributed by atoms with Gasteiger partial charge in [0.25, 0.3) is 0 Å². The first kappa shape index (κ1) is 13.4. The van der Waals surface area contributed by atoms with Crippen LogP contribution >= 0.6 is 17.8 Å². The average Bonchev–Trinajstić information content (AvgIpc) is 1.90. The molecule has 0 rings (SSSR count). The van der Waals surface area contributed by atoms with Crippen LogP contribution in [0.5, 0.6) is 0 Å². The van der Waals surface area contributed by atoms with E-state index in [-0.39, 0.29) is 5.97 Å². The molecule has 60 valence electrons. The van der Waals surface area contributed by atoms with E-state index in [9.17, 15) is 4.79 Å². The van der Waals surface area contributed by atoms with Crippen LogP contribution in [0.4, 0.5) is 0 Å². The molecular weight excluding hydrogens is 282 g/mol. The van der Waals surface area contributed by atoms with Crippen molar-refractivity contribution in [1.82, 2.24) is 0 Å². The minimum atomic E-state index is -0.826. The van der Waals surface area contributed by atoms with E-state index in [4.69, 9.17) is 17.8 Å². The van der Waals surface area contributed by atoms with Crippen molar-refractivity contribution in [3.8, 4) is 0 Å². The average molecular weight is 292 g/mol. The molecule has 0 aromatic rings. The summed E-state index contributed by atoms with van der Waals surface area (Å²) in [5.41, 5.74) is 0. The van der Waals surface area contributed by atoms with E-state index >= 15 is 0 Å². The van der Waals surface area contributed by atoms with Crippen molar-refractivity contribution in [2.75, 3.05) is 6.61 Å².